The minimum Gasteiger partial charge on any atom is -0.484 e. The van der Waals surface area contributed by atoms with Crippen molar-refractivity contribution in [1.29, 1.82) is 0 Å². The van der Waals surface area contributed by atoms with Crippen LogP contribution < -0.4 is 19.6 Å². The highest BCUT2D eigenvalue weighted by atomic mass is 79.9. The third-order valence-electron chi connectivity index (χ3n) is 2.97. The molecule has 6 nitrogen and oxygen atoms in total. The number of nitrogens with zero attached hydrogens (tertiary/aromatic N) is 1. The molecule has 118 valence electrons. The van der Waals surface area contributed by atoms with Crippen LogP contribution in [0.25, 0.3) is 0 Å². The molecule has 1 N–H and O–H groups in total. The number of hydrogen-bond donors (Lipinski definition) is 1. The first-order valence-electron chi connectivity index (χ1n) is 6.80. The third-order valence-corrected chi connectivity index (χ3v) is 3.46. The van der Waals surface area contributed by atoms with Gasteiger partial charge in [0.15, 0.2) is 18.1 Å². The maximum Gasteiger partial charge on any atom is 0.277 e. The lowest BCUT2D eigenvalue weighted by molar-refractivity contribution is -0.123. The third kappa shape index (κ3) is 4.23. The van der Waals surface area contributed by atoms with E-state index in [1.165, 1.54) is 6.21 Å². The lowest BCUT2D eigenvalue weighted by Gasteiger charge is -2.05. The summed E-state index contributed by atoms with van der Waals surface area (Å²) in [5.74, 6) is 1.63. The molecule has 3 rings (SSSR count). The van der Waals surface area contributed by atoms with Gasteiger partial charge in [0.2, 0.25) is 6.79 Å². The number of hydrazone groups is 1. The Hall–Kier alpha value is -2.54. The first-order chi connectivity index (χ1) is 11.2. The molecule has 0 fully saturated rings. The molecule has 0 unspecified atom stereocenters. The van der Waals surface area contributed by atoms with Gasteiger partial charge in [0.05, 0.1) is 6.21 Å². The molecule has 0 atom stereocenters. The summed E-state index contributed by atoms with van der Waals surface area (Å²) in [6.45, 7) is 0.106. The number of rotatable bonds is 5. The highest BCUT2D eigenvalue weighted by Crippen LogP contribution is 2.31. The van der Waals surface area contributed by atoms with E-state index < -0.39 is 0 Å². The molecule has 0 aliphatic carbocycles. The predicted octanol–water partition coefficient (Wildman–Crippen LogP) is 2.71. The molecule has 1 aliphatic heterocycles. The van der Waals surface area contributed by atoms with E-state index in [0.29, 0.717) is 17.2 Å². The Morgan fingerprint density at radius 1 is 1.26 bits per heavy atom. The average molecular weight is 377 g/mol. The molecule has 2 aromatic rings. The van der Waals surface area contributed by atoms with Crippen LogP contribution in [0.2, 0.25) is 0 Å². The molecule has 2 aromatic carbocycles. The smallest absolute Gasteiger partial charge is 0.277 e. The number of amides is 1. The largest absolute Gasteiger partial charge is 0.484 e. The summed E-state index contributed by atoms with van der Waals surface area (Å²) in [7, 11) is 0. The molecule has 0 bridgehead atoms. The monoisotopic (exact) mass is 376 g/mol. The molecule has 0 spiro atoms. The fourth-order valence-electron chi connectivity index (χ4n) is 1.91. The summed E-state index contributed by atoms with van der Waals surface area (Å²) in [6.07, 6.45) is 1.53. The fourth-order valence-corrected chi connectivity index (χ4v) is 2.29. The van der Waals surface area contributed by atoms with E-state index in [1.54, 1.807) is 24.3 Å². The lowest BCUT2D eigenvalue weighted by atomic mass is 10.2. The van der Waals surface area contributed by atoms with E-state index in [9.17, 15) is 4.79 Å². The Morgan fingerprint density at radius 3 is 3.00 bits per heavy atom. The van der Waals surface area contributed by atoms with Gasteiger partial charge in [-0.3, -0.25) is 4.79 Å². The number of benzene rings is 2. The average Bonchev–Trinajstić information content (AvgIpc) is 3.01. The Bertz CT molecular complexity index is 749. The number of fused-ring (bicyclic) bond motifs is 1. The second kappa shape index (κ2) is 7.15. The molecule has 0 aromatic heterocycles. The zero-order valence-electron chi connectivity index (χ0n) is 12.0. The Balaban J connectivity index is 1.48. The van der Waals surface area contributed by atoms with Crippen molar-refractivity contribution in [2.24, 2.45) is 5.10 Å². The molecule has 1 amide bonds. The minimum atomic E-state index is -0.345. The molecule has 7 heteroatoms. The Morgan fingerprint density at radius 2 is 2.13 bits per heavy atom. The number of carbonyl (C=O) groups is 1. The van der Waals surface area contributed by atoms with Crippen molar-refractivity contribution in [2.75, 3.05) is 13.4 Å². The van der Waals surface area contributed by atoms with Crippen molar-refractivity contribution < 1.29 is 19.0 Å². The molecule has 0 saturated carbocycles. The van der Waals surface area contributed by atoms with Gasteiger partial charge >= 0.3 is 0 Å². The zero-order chi connectivity index (χ0) is 16.1. The highest BCUT2D eigenvalue weighted by Gasteiger charge is 2.12. The number of nitrogens with one attached hydrogen (secondary N) is 1. The lowest BCUT2D eigenvalue weighted by Crippen LogP contribution is -2.24. The van der Waals surface area contributed by atoms with Crippen LogP contribution in [0.5, 0.6) is 17.2 Å². The molecule has 0 saturated heterocycles. The van der Waals surface area contributed by atoms with E-state index in [1.807, 2.05) is 18.2 Å². The van der Waals surface area contributed by atoms with Gasteiger partial charge in [0, 0.05) is 4.47 Å². The van der Waals surface area contributed by atoms with Crippen LogP contribution in [0, 0.1) is 0 Å². The number of hydrogen-bond acceptors (Lipinski definition) is 5. The van der Waals surface area contributed by atoms with E-state index >= 15 is 0 Å². The summed E-state index contributed by atoms with van der Waals surface area (Å²) in [4.78, 5) is 11.7. The van der Waals surface area contributed by atoms with Gasteiger partial charge in [0.25, 0.3) is 5.91 Å². The standard InChI is InChI=1S/C16H13BrN2O4/c17-12-2-1-3-13(7-12)21-9-16(20)19-18-8-11-4-5-14-15(6-11)23-10-22-14/h1-8H,9-10H2,(H,19,20)/b18-8-. The fraction of sp³-hybridized carbons (Fsp3) is 0.125. The number of carbonyl (C=O) groups excluding carboxylic acids is 1. The maximum absolute atomic E-state index is 11.7. The quantitative estimate of drug-likeness (QED) is 0.643. The van der Waals surface area contributed by atoms with E-state index in [2.05, 4.69) is 26.5 Å². The van der Waals surface area contributed by atoms with E-state index in [0.717, 1.165) is 10.0 Å². The number of ether oxygens (including phenoxy) is 3. The van der Waals surface area contributed by atoms with Gasteiger partial charge < -0.3 is 14.2 Å². The van der Waals surface area contributed by atoms with Crippen molar-refractivity contribution in [3.8, 4) is 17.2 Å². The first-order valence-corrected chi connectivity index (χ1v) is 7.60. The van der Waals surface area contributed by atoms with Gasteiger partial charge in [-0.25, -0.2) is 5.43 Å². The summed E-state index contributed by atoms with van der Waals surface area (Å²) < 4.78 is 16.7. The second-order valence-corrected chi connectivity index (χ2v) is 5.57. The summed E-state index contributed by atoms with van der Waals surface area (Å²) in [5.41, 5.74) is 3.20. The predicted molar refractivity (Wildman–Crippen MR) is 87.9 cm³/mol. The van der Waals surface area contributed by atoms with Crippen LogP contribution in [0.1, 0.15) is 5.56 Å². The van der Waals surface area contributed by atoms with Crippen LogP contribution in [0.15, 0.2) is 52.0 Å². The van der Waals surface area contributed by atoms with Crippen LogP contribution >= 0.6 is 15.9 Å². The molecular formula is C16H13BrN2O4. The maximum atomic E-state index is 11.7. The van der Waals surface area contributed by atoms with Gasteiger partial charge in [0.1, 0.15) is 5.75 Å². The van der Waals surface area contributed by atoms with Crippen LogP contribution in [0.3, 0.4) is 0 Å². The van der Waals surface area contributed by atoms with Crippen LogP contribution in [0.4, 0.5) is 0 Å². The van der Waals surface area contributed by atoms with Crippen LogP contribution in [-0.2, 0) is 4.79 Å². The van der Waals surface area contributed by atoms with Gasteiger partial charge in [-0.2, -0.15) is 5.10 Å². The SMILES string of the molecule is O=C(COc1cccc(Br)c1)N/N=C\c1ccc2c(c1)OCO2. The van der Waals surface area contributed by atoms with Crippen molar-refractivity contribution in [1.82, 2.24) is 5.43 Å². The summed E-state index contributed by atoms with van der Waals surface area (Å²) in [5, 5.41) is 3.89. The van der Waals surface area contributed by atoms with E-state index in [4.69, 9.17) is 14.2 Å². The van der Waals surface area contributed by atoms with Crippen molar-refractivity contribution in [3.63, 3.8) is 0 Å². The molecule has 0 radical (unpaired) electrons. The van der Waals surface area contributed by atoms with Crippen molar-refractivity contribution >= 4 is 28.1 Å². The molecule has 23 heavy (non-hydrogen) atoms. The van der Waals surface area contributed by atoms with E-state index in [-0.39, 0.29) is 19.3 Å². The second-order valence-electron chi connectivity index (χ2n) is 4.65. The van der Waals surface area contributed by atoms with Crippen molar-refractivity contribution in [3.05, 3.63) is 52.5 Å². The van der Waals surface area contributed by atoms with Gasteiger partial charge in [-0.1, -0.05) is 22.0 Å². The minimum absolute atomic E-state index is 0.116. The zero-order valence-corrected chi connectivity index (χ0v) is 13.6. The highest BCUT2D eigenvalue weighted by molar-refractivity contribution is 9.10. The van der Waals surface area contributed by atoms with Crippen LogP contribution in [-0.4, -0.2) is 25.5 Å². The molecule has 1 aliphatic rings. The first kappa shape index (κ1) is 15.4. The molecular weight excluding hydrogens is 364 g/mol. The van der Waals surface area contributed by atoms with Gasteiger partial charge in [-0.15, -0.1) is 0 Å². The Labute approximate surface area is 141 Å². The normalized spacial score (nSPS) is 12.4. The number of halogens is 1. The van der Waals surface area contributed by atoms with Gasteiger partial charge in [-0.05, 0) is 42.0 Å². The Kier molecular flexibility index (Phi) is 4.77. The summed E-state index contributed by atoms with van der Waals surface area (Å²) >= 11 is 3.33. The summed E-state index contributed by atoms with van der Waals surface area (Å²) in [6, 6.07) is 12.7. The van der Waals surface area contributed by atoms with Crippen molar-refractivity contribution in [2.45, 2.75) is 0 Å². The topological polar surface area (TPSA) is 69.2 Å². The molecule has 1 heterocycles.